The Bertz CT molecular complexity index is 494. The molecule has 2 N–H and O–H groups in total. The molecule has 1 aromatic heterocycles. The van der Waals surface area contributed by atoms with Gasteiger partial charge >= 0.3 is 6.18 Å². The average Bonchev–Trinajstić information content (AvgIpc) is 2.35. The first-order valence-corrected chi connectivity index (χ1v) is 8.34. The summed E-state index contributed by atoms with van der Waals surface area (Å²) in [7, 11) is -0.923. The Morgan fingerprint density at radius 3 is 2.48 bits per heavy atom. The second-order valence-corrected chi connectivity index (χ2v) is 6.32. The lowest BCUT2D eigenvalue weighted by atomic mass is 10.2. The Morgan fingerprint density at radius 1 is 1.33 bits per heavy atom. The molecule has 0 fully saturated rings. The van der Waals surface area contributed by atoms with E-state index in [0.717, 1.165) is 12.1 Å². The molecule has 0 aliphatic carbocycles. The van der Waals surface area contributed by atoms with E-state index < -0.39 is 22.5 Å². The number of aromatic nitrogens is 1. The predicted molar refractivity (Wildman–Crippen MR) is 80.0 cm³/mol. The molecular weight excluding hydrogens is 303 g/mol. The van der Waals surface area contributed by atoms with Gasteiger partial charge in [-0.25, -0.2) is 4.98 Å². The first-order chi connectivity index (χ1) is 9.72. The maximum atomic E-state index is 12.9. The van der Waals surface area contributed by atoms with Gasteiger partial charge in [-0.3, -0.25) is 4.21 Å². The number of halogens is 3. The second-order valence-electron chi connectivity index (χ2n) is 4.77. The third-order valence-corrected chi connectivity index (χ3v) is 3.55. The Hall–Kier alpha value is -1.31. The smallest absolute Gasteiger partial charge is 0.370 e. The van der Waals surface area contributed by atoms with Gasteiger partial charge in [-0.1, -0.05) is 0 Å². The first kappa shape index (κ1) is 17.7. The molecule has 0 aliphatic heterocycles. The summed E-state index contributed by atoms with van der Waals surface area (Å²) in [5.41, 5.74) is -0.748. The van der Waals surface area contributed by atoms with Crippen LogP contribution in [0.5, 0.6) is 0 Å². The summed E-state index contributed by atoms with van der Waals surface area (Å²) >= 11 is 0. The standard InChI is InChI=1S/C13H20F3N3OS/c1-4-17-11-7-10(13(14,15)16)8-12(19-11)18-9(2)5-6-21(3)20/h7-9H,4-6H2,1-3H3,(H2,17,18,19). The fraction of sp³-hybridized carbons (Fsp3) is 0.615. The minimum atomic E-state index is -4.42. The van der Waals surface area contributed by atoms with Crippen LogP contribution in [0, 0.1) is 0 Å². The van der Waals surface area contributed by atoms with E-state index >= 15 is 0 Å². The van der Waals surface area contributed by atoms with Crippen LogP contribution in [0.15, 0.2) is 12.1 Å². The van der Waals surface area contributed by atoms with Crippen molar-refractivity contribution in [1.29, 1.82) is 0 Å². The molecule has 1 aromatic rings. The van der Waals surface area contributed by atoms with Crippen molar-refractivity contribution in [2.75, 3.05) is 29.2 Å². The summed E-state index contributed by atoms with van der Waals surface area (Å²) in [5, 5.41) is 5.71. The van der Waals surface area contributed by atoms with Crippen molar-refractivity contribution < 1.29 is 17.4 Å². The van der Waals surface area contributed by atoms with Gasteiger partial charge in [-0.15, -0.1) is 0 Å². The quantitative estimate of drug-likeness (QED) is 0.809. The van der Waals surface area contributed by atoms with E-state index in [0.29, 0.717) is 18.7 Å². The minimum absolute atomic E-state index is 0.112. The topological polar surface area (TPSA) is 54.0 Å². The van der Waals surface area contributed by atoms with Crippen LogP contribution in [0.25, 0.3) is 0 Å². The number of pyridine rings is 1. The van der Waals surface area contributed by atoms with Gasteiger partial charge in [0.15, 0.2) is 0 Å². The maximum Gasteiger partial charge on any atom is 0.416 e. The van der Waals surface area contributed by atoms with Crippen molar-refractivity contribution in [3.8, 4) is 0 Å². The Morgan fingerprint density at radius 2 is 1.95 bits per heavy atom. The molecule has 2 atom stereocenters. The summed E-state index contributed by atoms with van der Waals surface area (Å²) in [6, 6.07) is 1.86. The van der Waals surface area contributed by atoms with Gasteiger partial charge in [0.2, 0.25) is 0 Å². The molecule has 8 heteroatoms. The largest absolute Gasteiger partial charge is 0.416 e. The zero-order chi connectivity index (χ0) is 16.0. The number of nitrogens with zero attached hydrogens (tertiary/aromatic N) is 1. The molecule has 2 unspecified atom stereocenters. The van der Waals surface area contributed by atoms with Crippen LogP contribution >= 0.6 is 0 Å². The SMILES string of the molecule is CCNc1cc(C(F)(F)F)cc(NC(C)CCS(C)=O)n1. The monoisotopic (exact) mass is 323 g/mol. The highest BCUT2D eigenvalue weighted by Crippen LogP contribution is 2.32. The zero-order valence-electron chi connectivity index (χ0n) is 12.3. The first-order valence-electron chi connectivity index (χ1n) is 6.62. The van der Waals surface area contributed by atoms with Crippen LogP contribution in [0.4, 0.5) is 24.8 Å². The van der Waals surface area contributed by atoms with Crippen molar-refractivity contribution in [2.24, 2.45) is 0 Å². The van der Waals surface area contributed by atoms with E-state index in [2.05, 4.69) is 15.6 Å². The third kappa shape index (κ3) is 6.33. The van der Waals surface area contributed by atoms with Crippen molar-refractivity contribution in [1.82, 2.24) is 4.98 Å². The molecule has 0 spiro atoms. The highest BCUT2D eigenvalue weighted by molar-refractivity contribution is 7.84. The third-order valence-electron chi connectivity index (χ3n) is 2.74. The van der Waals surface area contributed by atoms with Crippen LogP contribution in [-0.4, -0.2) is 33.8 Å². The summed E-state index contributed by atoms with van der Waals surface area (Å²) in [5.74, 6) is 0.837. The molecule has 0 aromatic carbocycles. The van der Waals surface area contributed by atoms with E-state index in [-0.39, 0.29) is 17.7 Å². The Kier molecular flexibility index (Phi) is 6.44. The van der Waals surface area contributed by atoms with E-state index in [1.165, 1.54) is 0 Å². The number of hydrogen-bond donors (Lipinski definition) is 2. The van der Waals surface area contributed by atoms with E-state index in [1.807, 2.05) is 6.92 Å². The fourth-order valence-electron chi connectivity index (χ4n) is 1.71. The van der Waals surface area contributed by atoms with Gasteiger partial charge in [-0.2, -0.15) is 13.2 Å². The van der Waals surface area contributed by atoms with Crippen LogP contribution < -0.4 is 10.6 Å². The molecule has 0 amide bonds. The minimum Gasteiger partial charge on any atom is -0.370 e. The predicted octanol–water partition coefficient (Wildman–Crippen LogP) is 3.10. The van der Waals surface area contributed by atoms with Gasteiger partial charge in [0.1, 0.15) is 11.6 Å². The molecule has 4 nitrogen and oxygen atoms in total. The normalized spacial score (nSPS) is 14.6. The number of nitrogens with one attached hydrogen (secondary N) is 2. The van der Waals surface area contributed by atoms with E-state index in [4.69, 9.17) is 0 Å². The summed E-state index contributed by atoms with van der Waals surface area (Å²) in [6.45, 7) is 4.09. The number of alkyl halides is 3. The molecule has 0 radical (unpaired) electrons. The molecule has 0 aliphatic rings. The Labute approximate surface area is 125 Å². The number of rotatable bonds is 7. The highest BCUT2D eigenvalue weighted by Gasteiger charge is 2.31. The van der Waals surface area contributed by atoms with Crippen molar-refractivity contribution in [2.45, 2.75) is 32.5 Å². The lowest BCUT2D eigenvalue weighted by Crippen LogP contribution is -2.20. The second kappa shape index (κ2) is 7.63. The number of hydrogen-bond acceptors (Lipinski definition) is 4. The molecule has 21 heavy (non-hydrogen) atoms. The summed E-state index contributed by atoms with van der Waals surface area (Å²) in [4.78, 5) is 4.11. The molecule has 0 saturated carbocycles. The van der Waals surface area contributed by atoms with Crippen LogP contribution in [0.3, 0.4) is 0 Å². The zero-order valence-corrected chi connectivity index (χ0v) is 13.1. The van der Waals surface area contributed by atoms with Crippen molar-refractivity contribution >= 4 is 22.4 Å². The van der Waals surface area contributed by atoms with Crippen LogP contribution in [-0.2, 0) is 17.0 Å². The van der Waals surface area contributed by atoms with E-state index in [1.54, 1.807) is 13.2 Å². The molecule has 0 bridgehead atoms. The molecule has 0 saturated heterocycles. The van der Waals surface area contributed by atoms with Crippen LogP contribution in [0.2, 0.25) is 0 Å². The highest BCUT2D eigenvalue weighted by atomic mass is 32.2. The molecule has 120 valence electrons. The van der Waals surface area contributed by atoms with Gasteiger partial charge in [0.05, 0.1) is 5.56 Å². The molecule has 1 rings (SSSR count). The van der Waals surface area contributed by atoms with Crippen molar-refractivity contribution in [3.05, 3.63) is 17.7 Å². The fourth-order valence-corrected chi connectivity index (χ4v) is 2.39. The molecule has 1 heterocycles. The van der Waals surface area contributed by atoms with Crippen LogP contribution in [0.1, 0.15) is 25.8 Å². The summed E-state index contributed by atoms with van der Waals surface area (Å²) in [6.07, 6.45) is -2.23. The van der Waals surface area contributed by atoms with Gasteiger partial charge in [-0.05, 0) is 32.4 Å². The maximum absolute atomic E-state index is 12.9. The van der Waals surface area contributed by atoms with Gasteiger partial charge < -0.3 is 10.6 Å². The molecular formula is C13H20F3N3OS. The average molecular weight is 323 g/mol. The lowest BCUT2D eigenvalue weighted by Gasteiger charge is -2.17. The van der Waals surface area contributed by atoms with Gasteiger partial charge in [0, 0.05) is 35.4 Å². The van der Waals surface area contributed by atoms with Crippen molar-refractivity contribution in [3.63, 3.8) is 0 Å². The summed E-state index contributed by atoms with van der Waals surface area (Å²) < 4.78 is 49.6. The van der Waals surface area contributed by atoms with E-state index in [9.17, 15) is 17.4 Å². The van der Waals surface area contributed by atoms with Gasteiger partial charge in [0.25, 0.3) is 0 Å². The number of anilines is 2. The Balaban J connectivity index is 2.89. The lowest BCUT2D eigenvalue weighted by molar-refractivity contribution is -0.137.